The summed E-state index contributed by atoms with van der Waals surface area (Å²) >= 11 is 0. The molecule has 0 atom stereocenters. The van der Waals surface area contributed by atoms with Crippen LogP contribution in [0.5, 0.6) is 0 Å². The largest absolute Gasteiger partial charge is 0.338 e. The zero-order valence-electron chi connectivity index (χ0n) is 6.16. The van der Waals surface area contributed by atoms with Gasteiger partial charge in [0.1, 0.15) is 11.6 Å². The molecule has 0 fully saturated rings. The fraction of sp³-hybridized carbons (Fsp3) is 0.500. The van der Waals surface area contributed by atoms with E-state index in [1.165, 1.54) is 0 Å². The second-order valence-electron chi connectivity index (χ2n) is 2.53. The van der Waals surface area contributed by atoms with E-state index < -0.39 is 0 Å². The molecule has 5 nitrogen and oxygen atoms in total. The number of hydrogen-bond acceptors (Lipinski definition) is 3. The number of nitrogens with one attached hydrogen (secondary N) is 1. The van der Waals surface area contributed by atoms with Crippen molar-refractivity contribution in [2.24, 2.45) is 0 Å². The van der Waals surface area contributed by atoms with Crippen molar-refractivity contribution in [3.63, 3.8) is 0 Å². The zero-order valence-corrected chi connectivity index (χ0v) is 6.16. The topological polar surface area (TPSA) is 59.8 Å². The second kappa shape index (κ2) is 2.05. The molecule has 0 saturated heterocycles. The molecule has 0 aliphatic carbocycles. The summed E-state index contributed by atoms with van der Waals surface area (Å²) < 4.78 is 1.89. The molecule has 0 saturated carbocycles. The molecule has 0 spiro atoms. The third-order valence-corrected chi connectivity index (χ3v) is 1.77. The first-order valence-electron chi connectivity index (χ1n) is 3.43. The fourth-order valence-corrected chi connectivity index (χ4v) is 1.13. The van der Waals surface area contributed by atoms with Gasteiger partial charge in [-0.2, -0.15) is 0 Å². The lowest BCUT2D eigenvalue weighted by Crippen LogP contribution is -2.34. The van der Waals surface area contributed by atoms with Crippen LogP contribution in [0.4, 0.5) is 0 Å². The summed E-state index contributed by atoms with van der Waals surface area (Å²) in [5.74, 6) is 1.62. The van der Waals surface area contributed by atoms with Gasteiger partial charge in [0.15, 0.2) is 0 Å². The van der Waals surface area contributed by atoms with Gasteiger partial charge in [-0.15, -0.1) is 10.2 Å². The van der Waals surface area contributed by atoms with Crippen LogP contribution < -0.4 is 5.32 Å². The standard InChI is InChI=1S/C6H8N4O/c1-4-8-9-5-2-6(11)7-3-10(4)5/h2-3H2,1H3,(H,7,11). The van der Waals surface area contributed by atoms with Crippen LogP contribution in [0.3, 0.4) is 0 Å². The summed E-state index contributed by atoms with van der Waals surface area (Å²) in [5, 5.41) is 10.4. The lowest BCUT2D eigenvalue weighted by molar-refractivity contribution is -0.121. The van der Waals surface area contributed by atoms with Gasteiger partial charge in [0.2, 0.25) is 5.91 Å². The van der Waals surface area contributed by atoms with Crippen LogP contribution in [0.15, 0.2) is 0 Å². The van der Waals surface area contributed by atoms with Crippen molar-refractivity contribution >= 4 is 5.91 Å². The SMILES string of the molecule is Cc1nnc2n1CNC(=O)C2. The molecule has 1 aliphatic heterocycles. The van der Waals surface area contributed by atoms with Crippen LogP contribution in [0.2, 0.25) is 0 Å². The van der Waals surface area contributed by atoms with Crippen molar-refractivity contribution in [2.45, 2.75) is 20.0 Å². The molecule has 0 aromatic carbocycles. The van der Waals surface area contributed by atoms with E-state index in [0.717, 1.165) is 11.6 Å². The summed E-state index contributed by atoms with van der Waals surface area (Å²) in [5.41, 5.74) is 0. The molecule has 1 amide bonds. The van der Waals surface area contributed by atoms with E-state index in [1.807, 2.05) is 11.5 Å². The molecule has 2 rings (SSSR count). The normalized spacial score (nSPS) is 15.9. The molecule has 1 aromatic rings. The van der Waals surface area contributed by atoms with E-state index in [9.17, 15) is 4.79 Å². The van der Waals surface area contributed by atoms with Gasteiger partial charge in [-0.25, -0.2) is 0 Å². The molecule has 58 valence electrons. The molecule has 1 aliphatic rings. The Kier molecular flexibility index (Phi) is 1.18. The van der Waals surface area contributed by atoms with Crippen LogP contribution in [-0.2, 0) is 17.9 Å². The number of rotatable bonds is 0. The molecular weight excluding hydrogens is 144 g/mol. The highest BCUT2D eigenvalue weighted by Crippen LogP contribution is 2.04. The highest BCUT2D eigenvalue weighted by molar-refractivity contribution is 5.78. The summed E-state index contributed by atoms with van der Waals surface area (Å²) in [6.07, 6.45) is 0.348. The van der Waals surface area contributed by atoms with Gasteiger partial charge in [-0.05, 0) is 6.92 Å². The van der Waals surface area contributed by atoms with E-state index in [4.69, 9.17) is 0 Å². The Labute approximate surface area is 63.4 Å². The van der Waals surface area contributed by atoms with E-state index in [1.54, 1.807) is 0 Å². The minimum Gasteiger partial charge on any atom is -0.338 e. The van der Waals surface area contributed by atoms with Gasteiger partial charge in [0.05, 0.1) is 13.1 Å². The van der Waals surface area contributed by atoms with Crippen LogP contribution in [0.1, 0.15) is 11.6 Å². The Morgan fingerprint density at radius 3 is 3.18 bits per heavy atom. The van der Waals surface area contributed by atoms with Crippen LogP contribution in [0, 0.1) is 6.92 Å². The average molecular weight is 152 g/mol. The number of amides is 1. The molecule has 1 aromatic heterocycles. The Hall–Kier alpha value is -1.39. The molecule has 5 heteroatoms. The Balaban J connectivity index is 2.44. The smallest absolute Gasteiger partial charge is 0.229 e. The van der Waals surface area contributed by atoms with Gasteiger partial charge in [0.25, 0.3) is 0 Å². The number of fused-ring (bicyclic) bond motifs is 1. The van der Waals surface area contributed by atoms with Crippen molar-refractivity contribution in [3.8, 4) is 0 Å². The Bertz CT molecular complexity index is 304. The van der Waals surface area contributed by atoms with Gasteiger partial charge < -0.3 is 5.32 Å². The highest BCUT2D eigenvalue weighted by atomic mass is 16.1. The average Bonchev–Trinajstić information content (AvgIpc) is 2.32. The van der Waals surface area contributed by atoms with Crippen molar-refractivity contribution in [1.82, 2.24) is 20.1 Å². The van der Waals surface area contributed by atoms with E-state index >= 15 is 0 Å². The first-order chi connectivity index (χ1) is 5.27. The molecule has 2 heterocycles. The maximum absolute atomic E-state index is 10.8. The molecule has 11 heavy (non-hydrogen) atoms. The van der Waals surface area contributed by atoms with Crippen molar-refractivity contribution < 1.29 is 4.79 Å². The highest BCUT2D eigenvalue weighted by Gasteiger charge is 2.17. The predicted molar refractivity (Wildman–Crippen MR) is 36.6 cm³/mol. The van der Waals surface area contributed by atoms with Gasteiger partial charge in [0, 0.05) is 0 Å². The lowest BCUT2D eigenvalue weighted by atomic mass is 10.3. The molecule has 0 bridgehead atoms. The summed E-state index contributed by atoms with van der Waals surface area (Å²) in [4.78, 5) is 10.8. The third-order valence-electron chi connectivity index (χ3n) is 1.77. The van der Waals surface area contributed by atoms with Crippen LogP contribution in [0.25, 0.3) is 0 Å². The van der Waals surface area contributed by atoms with Crippen LogP contribution in [-0.4, -0.2) is 20.7 Å². The quantitative estimate of drug-likeness (QED) is 0.530. The maximum atomic E-state index is 10.8. The van der Waals surface area contributed by atoms with Crippen molar-refractivity contribution in [2.75, 3.05) is 0 Å². The summed E-state index contributed by atoms with van der Waals surface area (Å²) in [7, 11) is 0. The van der Waals surface area contributed by atoms with Gasteiger partial charge in [-0.1, -0.05) is 0 Å². The molecular formula is C6H8N4O. The van der Waals surface area contributed by atoms with Gasteiger partial charge in [-0.3, -0.25) is 9.36 Å². The third kappa shape index (κ3) is 0.886. The minimum atomic E-state index is 0.0184. The number of carbonyl (C=O) groups is 1. The first-order valence-corrected chi connectivity index (χ1v) is 3.43. The van der Waals surface area contributed by atoms with E-state index in [2.05, 4.69) is 15.5 Å². The zero-order chi connectivity index (χ0) is 7.84. The monoisotopic (exact) mass is 152 g/mol. The Morgan fingerprint density at radius 2 is 2.36 bits per heavy atom. The Morgan fingerprint density at radius 1 is 1.55 bits per heavy atom. The maximum Gasteiger partial charge on any atom is 0.229 e. The number of nitrogens with zero attached hydrogens (tertiary/aromatic N) is 3. The summed E-state index contributed by atoms with van der Waals surface area (Å²) in [6.45, 7) is 2.38. The van der Waals surface area contributed by atoms with Gasteiger partial charge >= 0.3 is 0 Å². The summed E-state index contributed by atoms with van der Waals surface area (Å²) in [6, 6.07) is 0. The lowest BCUT2D eigenvalue weighted by Gasteiger charge is -2.14. The van der Waals surface area contributed by atoms with Crippen molar-refractivity contribution in [1.29, 1.82) is 0 Å². The minimum absolute atomic E-state index is 0.0184. The predicted octanol–water partition coefficient (Wildman–Crippen LogP) is -0.784. The second-order valence-corrected chi connectivity index (χ2v) is 2.53. The number of hydrogen-bond donors (Lipinski definition) is 1. The first kappa shape index (κ1) is 6.33. The molecule has 0 radical (unpaired) electrons. The van der Waals surface area contributed by atoms with Crippen LogP contribution >= 0.6 is 0 Å². The van der Waals surface area contributed by atoms with E-state index in [-0.39, 0.29) is 5.91 Å². The number of aryl methyl sites for hydroxylation is 1. The fourth-order valence-electron chi connectivity index (χ4n) is 1.13. The molecule has 0 unspecified atom stereocenters. The van der Waals surface area contributed by atoms with E-state index in [0.29, 0.717) is 13.1 Å². The number of carbonyl (C=O) groups excluding carboxylic acids is 1. The molecule has 1 N–H and O–H groups in total. The van der Waals surface area contributed by atoms with Crippen molar-refractivity contribution in [3.05, 3.63) is 11.6 Å². The number of aromatic nitrogens is 3.